The highest BCUT2D eigenvalue weighted by molar-refractivity contribution is 5.79. The van der Waals surface area contributed by atoms with Gasteiger partial charge in [0.15, 0.2) is 0 Å². The molecule has 3 nitrogen and oxygen atoms in total. The first-order chi connectivity index (χ1) is 6.40. The number of hydrogen-bond donors (Lipinski definition) is 1. The normalized spacial score (nSPS) is 17.7. The largest absolute Gasteiger partial charge is 0.390 e. The van der Waals surface area contributed by atoms with Gasteiger partial charge in [0.25, 0.3) is 0 Å². The van der Waals surface area contributed by atoms with E-state index >= 15 is 0 Å². The molecule has 1 aliphatic heterocycles. The Labute approximate surface area is 80.3 Å². The lowest BCUT2D eigenvalue weighted by Gasteiger charge is -2.30. The Bertz CT molecular complexity index is 213. The van der Waals surface area contributed by atoms with Gasteiger partial charge in [-0.2, -0.15) is 13.2 Å². The first kappa shape index (κ1) is 11.3. The SMILES string of the molecule is CN(CCC(F)(F)F)C(=O)C1CNC1. The number of hydrogen-bond acceptors (Lipinski definition) is 2. The molecule has 0 unspecified atom stereocenters. The molecule has 1 aliphatic rings. The number of carbonyl (C=O) groups is 1. The maximum absolute atomic E-state index is 11.8. The number of amides is 1. The molecule has 1 heterocycles. The lowest BCUT2D eigenvalue weighted by molar-refractivity contribution is -0.146. The van der Waals surface area contributed by atoms with Crippen LogP contribution in [0.15, 0.2) is 0 Å². The van der Waals surface area contributed by atoms with Crippen LogP contribution in [0.25, 0.3) is 0 Å². The fourth-order valence-corrected chi connectivity index (χ4v) is 1.18. The highest BCUT2D eigenvalue weighted by Gasteiger charge is 2.31. The molecule has 1 amide bonds. The third kappa shape index (κ3) is 3.17. The van der Waals surface area contributed by atoms with E-state index < -0.39 is 12.6 Å². The zero-order valence-electron chi connectivity index (χ0n) is 7.90. The van der Waals surface area contributed by atoms with Crippen molar-refractivity contribution >= 4 is 5.91 Å². The third-order valence-corrected chi connectivity index (χ3v) is 2.24. The Hall–Kier alpha value is -0.780. The molecule has 0 aliphatic carbocycles. The van der Waals surface area contributed by atoms with Gasteiger partial charge < -0.3 is 10.2 Å². The lowest BCUT2D eigenvalue weighted by atomic mass is 10.0. The predicted molar refractivity (Wildman–Crippen MR) is 44.7 cm³/mol. The predicted octanol–water partition coefficient (Wildman–Crippen LogP) is 0.617. The Balaban J connectivity index is 2.26. The van der Waals surface area contributed by atoms with Crippen LogP contribution in [0.1, 0.15) is 6.42 Å². The van der Waals surface area contributed by atoms with Gasteiger partial charge in [-0.25, -0.2) is 0 Å². The van der Waals surface area contributed by atoms with Crippen molar-refractivity contribution in [2.75, 3.05) is 26.7 Å². The van der Waals surface area contributed by atoms with Gasteiger partial charge >= 0.3 is 6.18 Å². The molecule has 1 saturated heterocycles. The summed E-state index contributed by atoms with van der Waals surface area (Å²) in [5.41, 5.74) is 0. The van der Waals surface area contributed by atoms with Crippen molar-refractivity contribution in [2.24, 2.45) is 5.92 Å². The van der Waals surface area contributed by atoms with Crippen molar-refractivity contribution in [2.45, 2.75) is 12.6 Å². The molecule has 1 fully saturated rings. The van der Waals surface area contributed by atoms with Crippen molar-refractivity contribution in [3.8, 4) is 0 Å². The van der Waals surface area contributed by atoms with E-state index in [9.17, 15) is 18.0 Å². The number of alkyl halides is 3. The minimum atomic E-state index is -4.19. The summed E-state index contributed by atoms with van der Waals surface area (Å²) in [5.74, 6) is -0.332. The van der Waals surface area contributed by atoms with Crippen LogP contribution in [0.2, 0.25) is 0 Å². The second-order valence-electron chi connectivity index (χ2n) is 3.48. The molecule has 0 atom stereocenters. The number of nitrogens with one attached hydrogen (secondary N) is 1. The van der Waals surface area contributed by atoms with Gasteiger partial charge in [-0.1, -0.05) is 0 Å². The summed E-state index contributed by atoms with van der Waals surface area (Å²) >= 11 is 0. The van der Waals surface area contributed by atoms with Crippen molar-refractivity contribution in [3.63, 3.8) is 0 Å². The Kier molecular flexibility index (Phi) is 3.36. The number of rotatable bonds is 3. The Morgan fingerprint density at radius 2 is 2.07 bits per heavy atom. The second kappa shape index (κ2) is 4.16. The molecule has 0 radical (unpaired) electrons. The minimum Gasteiger partial charge on any atom is -0.345 e. The summed E-state index contributed by atoms with van der Waals surface area (Å²) < 4.78 is 35.5. The van der Waals surface area contributed by atoms with Crippen LogP contribution in [-0.4, -0.2) is 43.7 Å². The van der Waals surface area contributed by atoms with Crippen LogP contribution < -0.4 is 5.32 Å². The second-order valence-corrected chi connectivity index (χ2v) is 3.48. The van der Waals surface area contributed by atoms with Crippen LogP contribution in [0.4, 0.5) is 13.2 Å². The van der Waals surface area contributed by atoms with E-state index in [0.29, 0.717) is 13.1 Å². The lowest BCUT2D eigenvalue weighted by Crippen LogP contribution is -2.51. The standard InChI is InChI=1S/C8H13F3N2O/c1-13(3-2-8(9,10)11)7(14)6-4-12-5-6/h6,12H,2-5H2,1H3. The van der Waals surface area contributed by atoms with Gasteiger partial charge in [0.05, 0.1) is 12.3 Å². The fraction of sp³-hybridized carbons (Fsp3) is 0.875. The van der Waals surface area contributed by atoms with Crippen molar-refractivity contribution in [1.82, 2.24) is 10.2 Å². The summed E-state index contributed by atoms with van der Waals surface area (Å²) in [6, 6.07) is 0. The van der Waals surface area contributed by atoms with Crippen molar-refractivity contribution in [3.05, 3.63) is 0 Å². The van der Waals surface area contributed by atoms with Crippen LogP contribution in [0, 0.1) is 5.92 Å². The molecule has 0 spiro atoms. The highest BCUT2D eigenvalue weighted by Crippen LogP contribution is 2.20. The number of carbonyl (C=O) groups excluding carboxylic acids is 1. The van der Waals surface area contributed by atoms with Crippen LogP contribution >= 0.6 is 0 Å². The molecule has 82 valence electrons. The van der Waals surface area contributed by atoms with Gasteiger partial charge in [0.1, 0.15) is 0 Å². The summed E-state index contributed by atoms with van der Waals surface area (Å²) in [7, 11) is 1.41. The van der Waals surface area contributed by atoms with E-state index in [4.69, 9.17) is 0 Å². The zero-order valence-corrected chi connectivity index (χ0v) is 7.90. The maximum Gasteiger partial charge on any atom is 0.390 e. The summed E-state index contributed by atoms with van der Waals surface area (Å²) in [4.78, 5) is 12.5. The molecule has 1 N–H and O–H groups in total. The smallest absolute Gasteiger partial charge is 0.345 e. The summed E-state index contributed by atoms with van der Waals surface area (Å²) in [6.45, 7) is 0.906. The molecule has 0 saturated carbocycles. The van der Waals surface area contributed by atoms with E-state index in [0.717, 1.165) is 4.90 Å². The highest BCUT2D eigenvalue weighted by atomic mass is 19.4. The van der Waals surface area contributed by atoms with Gasteiger partial charge in [0, 0.05) is 26.7 Å². The third-order valence-electron chi connectivity index (χ3n) is 2.24. The van der Waals surface area contributed by atoms with Crippen LogP contribution in [0.3, 0.4) is 0 Å². The van der Waals surface area contributed by atoms with E-state index in [2.05, 4.69) is 5.32 Å². The minimum absolute atomic E-state index is 0.131. The topological polar surface area (TPSA) is 32.3 Å². The monoisotopic (exact) mass is 210 g/mol. The average molecular weight is 210 g/mol. The van der Waals surface area contributed by atoms with E-state index in [1.807, 2.05) is 0 Å². The van der Waals surface area contributed by atoms with E-state index in [1.54, 1.807) is 0 Å². The van der Waals surface area contributed by atoms with E-state index in [-0.39, 0.29) is 18.4 Å². The van der Waals surface area contributed by atoms with Gasteiger partial charge in [-0.05, 0) is 0 Å². The van der Waals surface area contributed by atoms with E-state index in [1.165, 1.54) is 7.05 Å². The molecular weight excluding hydrogens is 197 g/mol. The van der Waals surface area contributed by atoms with Crippen molar-refractivity contribution < 1.29 is 18.0 Å². The Morgan fingerprint density at radius 3 is 2.43 bits per heavy atom. The quantitative estimate of drug-likeness (QED) is 0.740. The molecule has 1 rings (SSSR count). The Morgan fingerprint density at radius 1 is 1.50 bits per heavy atom. The molecule has 0 aromatic rings. The number of nitrogens with zero attached hydrogens (tertiary/aromatic N) is 1. The molecule has 0 bridgehead atoms. The van der Waals surface area contributed by atoms with Crippen LogP contribution in [-0.2, 0) is 4.79 Å². The van der Waals surface area contributed by atoms with Gasteiger partial charge in [-0.3, -0.25) is 4.79 Å². The maximum atomic E-state index is 11.8. The fourth-order valence-electron chi connectivity index (χ4n) is 1.18. The first-order valence-electron chi connectivity index (χ1n) is 4.42. The molecule has 0 aromatic heterocycles. The molecule has 14 heavy (non-hydrogen) atoms. The average Bonchev–Trinajstić information content (AvgIpc) is 1.95. The molecular formula is C8H13F3N2O. The first-order valence-corrected chi connectivity index (χ1v) is 4.42. The zero-order chi connectivity index (χ0) is 10.8. The molecule has 0 aromatic carbocycles. The van der Waals surface area contributed by atoms with Gasteiger partial charge in [-0.15, -0.1) is 0 Å². The summed E-state index contributed by atoms with van der Waals surface area (Å²) in [5, 5.41) is 2.90. The molecule has 6 heteroatoms. The summed E-state index contributed by atoms with van der Waals surface area (Å²) in [6.07, 6.45) is -5.12. The van der Waals surface area contributed by atoms with Crippen LogP contribution in [0.5, 0.6) is 0 Å². The van der Waals surface area contributed by atoms with Gasteiger partial charge in [0.2, 0.25) is 5.91 Å². The van der Waals surface area contributed by atoms with Crippen molar-refractivity contribution in [1.29, 1.82) is 0 Å². The number of halogens is 3.